The molecular formula is C16H19NO4. The summed E-state index contributed by atoms with van der Waals surface area (Å²) in [5, 5.41) is 2.89. The van der Waals surface area contributed by atoms with Crippen LogP contribution in [-0.2, 0) is 0 Å². The number of furan rings is 1. The average Bonchev–Trinajstić information content (AvgIpc) is 2.93. The molecule has 1 N–H and O–H groups in total. The highest BCUT2D eigenvalue weighted by Crippen LogP contribution is 2.29. The highest BCUT2D eigenvalue weighted by Gasteiger charge is 2.15. The number of nitrogens with one attached hydrogen (secondary N) is 1. The van der Waals surface area contributed by atoms with E-state index >= 15 is 0 Å². The lowest BCUT2D eigenvalue weighted by atomic mass is 10.1. The first kappa shape index (κ1) is 15.0. The number of carbonyl (C=O) groups excluding carboxylic acids is 1. The van der Waals surface area contributed by atoms with Crippen LogP contribution in [0.25, 0.3) is 0 Å². The zero-order valence-electron chi connectivity index (χ0n) is 12.6. The van der Waals surface area contributed by atoms with Crippen molar-refractivity contribution in [2.45, 2.75) is 19.9 Å². The number of benzene rings is 1. The molecule has 0 bridgehead atoms. The summed E-state index contributed by atoms with van der Waals surface area (Å²) in [6.45, 7) is 3.70. The Morgan fingerprint density at radius 3 is 2.43 bits per heavy atom. The Labute approximate surface area is 123 Å². The SMILES string of the molecule is COc1ccc([C@@H](C)NC(=O)c2ccc(C)o2)cc1OC. The van der Waals surface area contributed by atoms with Crippen molar-refractivity contribution in [2.75, 3.05) is 14.2 Å². The minimum absolute atomic E-state index is 0.178. The van der Waals surface area contributed by atoms with Crippen molar-refractivity contribution in [3.05, 3.63) is 47.4 Å². The Balaban J connectivity index is 2.13. The van der Waals surface area contributed by atoms with Crippen LogP contribution in [-0.4, -0.2) is 20.1 Å². The number of aryl methyl sites for hydroxylation is 1. The molecule has 21 heavy (non-hydrogen) atoms. The molecule has 0 aliphatic heterocycles. The molecule has 0 radical (unpaired) electrons. The van der Waals surface area contributed by atoms with Crippen LogP contribution in [0.4, 0.5) is 0 Å². The topological polar surface area (TPSA) is 60.7 Å². The van der Waals surface area contributed by atoms with Gasteiger partial charge in [0.25, 0.3) is 5.91 Å². The largest absolute Gasteiger partial charge is 0.493 e. The third kappa shape index (κ3) is 3.37. The van der Waals surface area contributed by atoms with Gasteiger partial charge in [-0.2, -0.15) is 0 Å². The standard InChI is InChI=1S/C16H19NO4/c1-10-5-7-14(21-10)16(18)17-11(2)12-6-8-13(19-3)15(9-12)20-4/h5-9,11H,1-4H3,(H,17,18)/t11-/m1/s1. The van der Waals surface area contributed by atoms with Crippen molar-refractivity contribution in [2.24, 2.45) is 0 Å². The van der Waals surface area contributed by atoms with Crippen LogP contribution >= 0.6 is 0 Å². The molecule has 1 atom stereocenters. The molecule has 2 rings (SSSR count). The highest BCUT2D eigenvalue weighted by atomic mass is 16.5. The van der Waals surface area contributed by atoms with E-state index in [0.717, 1.165) is 5.56 Å². The molecule has 0 saturated heterocycles. The molecule has 1 heterocycles. The predicted molar refractivity (Wildman–Crippen MR) is 78.9 cm³/mol. The Morgan fingerprint density at radius 1 is 1.14 bits per heavy atom. The number of ether oxygens (including phenoxy) is 2. The summed E-state index contributed by atoms with van der Waals surface area (Å²) in [5.41, 5.74) is 0.921. The second-order valence-corrected chi connectivity index (χ2v) is 4.72. The fourth-order valence-corrected chi connectivity index (χ4v) is 2.03. The van der Waals surface area contributed by atoms with Crippen molar-refractivity contribution in [3.63, 3.8) is 0 Å². The van der Waals surface area contributed by atoms with Gasteiger partial charge in [0.05, 0.1) is 20.3 Å². The number of hydrogen-bond acceptors (Lipinski definition) is 4. The van der Waals surface area contributed by atoms with Gasteiger partial charge in [0.15, 0.2) is 17.3 Å². The zero-order chi connectivity index (χ0) is 15.4. The van der Waals surface area contributed by atoms with E-state index in [1.807, 2.05) is 25.1 Å². The van der Waals surface area contributed by atoms with Gasteiger partial charge in [-0.25, -0.2) is 0 Å². The van der Waals surface area contributed by atoms with Crippen molar-refractivity contribution in [1.82, 2.24) is 5.32 Å². The van der Waals surface area contributed by atoms with Crippen LogP contribution in [0.3, 0.4) is 0 Å². The van der Waals surface area contributed by atoms with Gasteiger partial charge >= 0.3 is 0 Å². The molecule has 0 saturated carbocycles. The third-order valence-corrected chi connectivity index (χ3v) is 3.22. The first-order valence-corrected chi connectivity index (χ1v) is 6.64. The van der Waals surface area contributed by atoms with Crippen LogP contribution in [0.2, 0.25) is 0 Å². The fraction of sp³-hybridized carbons (Fsp3) is 0.312. The first-order chi connectivity index (χ1) is 10.0. The van der Waals surface area contributed by atoms with E-state index in [9.17, 15) is 4.79 Å². The number of carbonyl (C=O) groups is 1. The summed E-state index contributed by atoms with van der Waals surface area (Å²) < 4.78 is 15.8. The summed E-state index contributed by atoms with van der Waals surface area (Å²) in [5.74, 6) is 2.05. The van der Waals surface area contributed by atoms with Gasteiger partial charge < -0.3 is 19.2 Å². The summed E-state index contributed by atoms with van der Waals surface area (Å²) in [7, 11) is 3.17. The number of rotatable bonds is 5. The maximum Gasteiger partial charge on any atom is 0.287 e. The fourth-order valence-electron chi connectivity index (χ4n) is 2.03. The zero-order valence-corrected chi connectivity index (χ0v) is 12.6. The van der Waals surface area contributed by atoms with E-state index in [1.165, 1.54) is 0 Å². The molecule has 0 fully saturated rings. The van der Waals surface area contributed by atoms with E-state index in [2.05, 4.69) is 5.32 Å². The Morgan fingerprint density at radius 2 is 1.86 bits per heavy atom. The van der Waals surface area contributed by atoms with Crippen LogP contribution in [0.5, 0.6) is 11.5 Å². The van der Waals surface area contributed by atoms with Crippen LogP contribution in [0.1, 0.15) is 34.8 Å². The normalized spacial score (nSPS) is 11.8. The van der Waals surface area contributed by atoms with E-state index in [-0.39, 0.29) is 11.9 Å². The molecule has 112 valence electrons. The molecule has 1 amide bonds. The van der Waals surface area contributed by atoms with Crippen LogP contribution in [0.15, 0.2) is 34.7 Å². The third-order valence-electron chi connectivity index (χ3n) is 3.22. The first-order valence-electron chi connectivity index (χ1n) is 6.64. The maximum absolute atomic E-state index is 12.1. The van der Waals surface area contributed by atoms with Gasteiger partial charge in [-0.1, -0.05) is 6.07 Å². The van der Waals surface area contributed by atoms with Gasteiger partial charge in [0.2, 0.25) is 0 Å². The molecule has 5 heteroatoms. The molecule has 1 aromatic heterocycles. The molecule has 0 unspecified atom stereocenters. The molecule has 5 nitrogen and oxygen atoms in total. The summed E-state index contributed by atoms with van der Waals surface area (Å²) in [4.78, 5) is 12.1. The Kier molecular flexibility index (Phi) is 4.52. The molecular weight excluding hydrogens is 270 g/mol. The predicted octanol–water partition coefficient (Wildman–Crippen LogP) is 3.10. The van der Waals surface area contributed by atoms with Crippen LogP contribution in [0, 0.1) is 6.92 Å². The molecule has 1 aromatic carbocycles. The maximum atomic E-state index is 12.1. The second-order valence-electron chi connectivity index (χ2n) is 4.72. The van der Waals surface area contributed by atoms with Crippen molar-refractivity contribution >= 4 is 5.91 Å². The lowest BCUT2D eigenvalue weighted by Gasteiger charge is -2.16. The monoisotopic (exact) mass is 289 g/mol. The van der Waals surface area contributed by atoms with Crippen molar-refractivity contribution in [3.8, 4) is 11.5 Å². The van der Waals surface area contributed by atoms with E-state index in [0.29, 0.717) is 23.0 Å². The molecule has 0 aliphatic rings. The second kappa shape index (κ2) is 6.35. The van der Waals surface area contributed by atoms with Gasteiger partial charge in [-0.05, 0) is 43.7 Å². The average molecular weight is 289 g/mol. The van der Waals surface area contributed by atoms with Gasteiger partial charge in [0.1, 0.15) is 5.76 Å². The summed E-state index contributed by atoms with van der Waals surface area (Å²) >= 11 is 0. The number of amides is 1. The van der Waals surface area contributed by atoms with Gasteiger partial charge in [-0.3, -0.25) is 4.79 Å². The molecule has 0 aliphatic carbocycles. The van der Waals surface area contributed by atoms with E-state index in [1.54, 1.807) is 33.3 Å². The number of hydrogen-bond donors (Lipinski definition) is 1. The van der Waals surface area contributed by atoms with Crippen molar-refractivity contribution in [1.29, 1.82) is 0 Å². The van der Waals surface area contributed by atoms with Crippen LogP contribution < -0.4 is 14.8 Å². The Bertz CT molecular complexity index is 633. The highest BCUT2D eigenvalue weighted by molar-refractivity contribution is 5.91. The molecule has 2 aromatic rings. The van der Waals surface area contributed by atoms with Gasteiger partial charge in [0, 0.05) is 0 Å². The lowest BCUT2D eigenvalue weighted by molar-refractivity contribution is 0.0910. The summed E-state index contributed by atoms with van der Waals surface area (Å²) in [6, 6.07) is 8.79. The Hall–Kier alpha value is -2.43. The van der Waals surface area contributed by atoms with E-state index < -0.39 is 0 Å². The number of methoxy groups -OCH3 is 2. The summed E-state index contributed by atoms with van der Waals surface area (Å²) in [6.07, 6.45) is 0. The quantitative estimate of drug-likeness (QED) is 0.918. The van der Waals surface area contributed by atoms with Gasteiger partial charge in [-0.15, -0.1) is 0 Å². The lowest BCUT2D eigenvalue weighted by Crippen LogP contribution is -2.26. The molecule has 0 spiro atoms. The van der Waals surface area contributed by atoms with Crippen molar-refractivity contribution < 1.29 is 18.7 Å². The minimum atomic E-state index is -0.245. The smallest absolute Gasteiger partial charge is 0.287 e. The minimum Gasteiger partial charge on any atom is -0.493 e. The van der Waals surface area contributed by atoms with E-state index in [4.69, 9.17) is 13.9 Å².